The van der Waals surface area contributed by atoms with Gasteiger partial charge in [-0.05, 0) is 37.3 Å². The lowest BCUT2D eigenvalue weighted by Crippen LogP contribution is -3.16. The number of anilines is 1. The Balaban J connectivity index is 1.42. The lowest BCUT2D eigenvalue weighted by Gasteiger charge is -2.29. The molecule has 9 heteroatoms. The van der Waals surface area contributed by atoms with Crippen molar-refractivity contribution in [1.82, 2.24) is 0 Å². The van der Waals surface area contributed by atoms with E-state index in [2.05, 4.69) is 4.98 Å². The monoisotopic (exact) mass is 425 g/mol. The molecule has 162 valence electrons. The maximum Gasteiger partial charge on any atom is 0.419 e. The number of ether oxygens (including phenoxy) is 1. The molecule has 1 aromatic heterocycles. The van der Waals surface area contributed by atoms with Crippen LogP contribution in [-0.2, 0) is 6.18 Å². The van der Waals surface area contributed by atoms with Gasteiger partial charge in [-0.25, -0.2) is 4.98 Å². The number of rotatable bonds is 7. The highest BCUT2D eigenvalue weighted by atomic mass is 19.4. The summed E-state index contributed by atoms with van der Waals surface area (Å²) in [6.45, 7) is 5.06. The van der Waals surface area contributed by atoms with E-state index in [0.717, 1.165) is 25.4 Å². The summed E-state index contributed by atoms with van der Waals surface area (Å²) in [5, 5.41) is 10.3. The topological polar surface area (TPSA) is 68.3 Å². The summed E-state index contributed by atoms with van der Waals surface area (Å²) >= 11 is 0. The number of carbonyl (C=O) groups is 1. The number of ketones is 1. The van der Waals surface area contributed by atoms with Crippen molar-refractivity contribution < 1.29 is 37.7 Å². The molecule has 3 rings (SSSR count). The predicted molar refractivity (Wildman–Crippen MR) is 104 cm³/mol. The van der Waals surface area contributed by atoms with E-state index in [4.69, 9.17) is 4.74 Å². The second-order valence-corrected chi connectivity index (χ2v) is 7.45. The van der Waals surface area contributed by atoms with E-state index in [1.165, 1.54) is 17.9 Å². The fourth-order valence-electron chi connectivity index (χ4n) is 3.43. The van der Waals surface area contributed by atoms with Gasteiger partial charge in [0, 0.05) is 11.6 Å². The van der Waals surface area contributed by atoms with Gasteiger partial charge in [0.25, 0.3) is 5.82 Å². The van der Waals surface area contributed by atoms with Crippen LogP contribution in [0.4, 0.5) is 19.0 Å². The van der Waals surface area contributed by atoms with Gasteiger partial charge in [0.2, 0.25) is 0 Å². The minimum absolute atomic E-state index is 0.0155. The molecule has 6 nitrogen and oxygen atoms in total. The molecule has 0 amide bonds. The van der Waals surface area contributed by atoms with Crippen molar-refractivity contribution in [2.24, 2.45) is 0 Å². The molecule has 1 aliphatic rings. The van der Waals surface area contributed by atoms with Crippen LogP contribution in [0.5, 0.6) is 5.75 Å². The first kappa shape index (κ1) is 22.0. The Bertz CT molecular complexity index is 833. The molecule has 2 heterocycles. The largest absolute Gasteiger partial charge is 0.491 e. The molecule has 3 N–H and O–H groups in total. The number of nitrogens with one attached hydrogen (secondary N) is 2. The molecule has 30 heavy (non-hydrogen) atoms. The highest BCUT2D eigenvalue weighted by molar-refractivity contribution is 5.94. The quantitative estimate of drug-likeness (QED) is 0.646. The number of Topliss-reactive ketones (excluding diaryl/α,β-unsaturated/α-hetero) is 1. The summed E-state index contributed by atoms with van der Waals surface area (Å²) in [4.78, 5) is 17.2. The molecule has 0 radical (unpaired) electrons. The third kappa shape index (κ3) is 5.93. The van der Waals surface area contributed by atoms with Crippen LogP contribution >= 0.6 is 0 Å². The summed E-state index contributed by atoms with van der Waals surface area (Å²) in [5.74, 6) is 1.23. The van der Waals surface area contributed by atoms with E-state index in [1.807, 2.05) is 4.90 Å². The van der Waals surface area contributed by atoms with Gasteiger partial charge in [0.1, 0.15) is 57.4 Å². The SMILES string of the molecule is CC(=O)c1ccc(OC[C@H](O)C[NH+]2CCN(c3ccc(C(F)(F)F)c[nH+]3)CC2)cc1. The van der Waals surface area contributed by atoms with Gasteiger partial charge in [0.05, 0.1) is 5.56 Å². The van der Waals surface area contributed by atoms with E-state index in [0.29, 0.717) is 36.8 Å². The molecule has 0 spiro atoms. The molecular formula is C21H26F3N3O3+2. The summed E-state index contributed by atoms with van der Waals surface area (Å²) in [6.07, 6.45) is -4.01. The summed E-state index contributed by atoms with van der Waals surface area (Å²) < 4.78 is 43.6. The number of aliphatic hydroxyl groups is 1. The smallest absolute Gasteiger partial charge is 0.419 e. The Morgan fingerprint density at radius 2 is 1.87 bits per heavy atom. The van der Waals surface area contributed by atoms with Gasteiger partial charge in [-0.2, -0.15) is 13.2 Å². The number of hydrogen-bond acceptors (Lipinski definition) is 4. The van der Waals surface area contributed by atoms with E-state index in [1.54, 1.807) is 24.3 Å². The van der Waals surface area contributed by atoms with Crippen LogP contribution in [0.3, 0.4) is 0 Å². The molecule has 1 atom stereocenters. The Hall–Kier alpha value is -2.65. The van der Waals surface area contributed by atoms with Crippen molar-refractivity contribution in [1.29, 1.82) is 0 Å². The fraction of sp³-hybridized carbons (Fsp3) is 0.429. The predicted octanol–water partition coefficient (Wildman–Crippen LogP) is 0.867. The molecule has 0 saturated carbocycles. The van der Waals surface area contributed by atoms with Crippen LogP contribution < -0.4 is 19.5 Å². The molecular weight excluding hydrogens is 399 g/mol. The first-order valence-corrected chi connectivity index (χ1v) is 9.81. The second-order valence-electron chi connectivity index (χ2n) is 7.45. The Morgan fingerprint density at radius 1 is 1.20 bits per heavy atom. The summed E-state index contributed by atoms with van der Waals surface area (Å²) in [5.41, 5.74) is -0.0925. The third-order valence-electron chi connectivity index (χ3n) is 5.16. The third-order valence-corrected chi connectivity index (χ3v) is 5.16. The molecule has 0 aliphatic carbocycles. The van der Waals surface area contributed by atoms with Gasteiger partial charge >= 0.3 is 6.18 Å². The van der Waals surface area contributed by atoms with E-state index >= 15 is 0 Å². The maximum absolute atomic E-state index is 12.7. The second kappa shape index (κ2) is 9.44. The minimum Gasteiger partial charge on any atom is -0.491 e. The van der Waals surface area contributed by atoms with Crippen LogP contribution in [0.25, 0.3) is 0 Å². The normalized spacial score (nSPS) is 16.4. The number of carbonyl (C=O) groups excluding carboxylic acids is 1. The van der Waals surface area contributed by atoms with Crippen LogP contribution in [0.1, 0.15) is 22.8 Å². The van der Waals surface area contributed by atoms with Crippen LogP contribution in [0.2, 0.25) is 0 Å². The molecule has 1 fully saturated rings. The molecule has 1 aromatic carbocycles. The van der Waals surface area contributed by atoms with Crippen molar-refractivity contribution in [3.63, 3.8) is 0 Å². The number of H-pyrrole nitrogens is 1. The van der Waals surface area contributed by atoms with Crippen LogP contribution in [0.15, 0.2) is 42.6 Å². The zero-order chi connectivity index (χ0) is 21.7. The number of aromatic amines is 1. The van der Waals surface area contributed by atoms with Crippen molar-refractivity contribution in [2.75, 3.05) is 44.2 Å². The molecule has 0 unspecified atom stereocenters. The lowest BCUT2D eigenvalue weighted by molar-refractivity contribution is -0.903. The number of pyridine rings is 1. The molecule has 2 aromatic rings. The highest BCUT2D eigenvalue weighted by Gasteiger charge is 2.33. The van der Waals surface area contributed by atoms with Crippen LogP contribution in [0, 0.1) is 0 Å². The first-order chi connectivity index (χ1) is 14.2. The number of benzene rings is 1. The first-order valence-electron chi connectivity index (χ1n) is 9.81. The summed E-state index contributed by atoms with van der Waals surface area (Å²) in [7, 11) is 0. The molecule has 0 bridgehead atoms. The Labute approximate surface area is 172 Å². The number of alkyl halides is 3. The number of hydrogen-bond donors (Lipinski definition) is 2. The number of aliphatic hydroxyl groups excluding tert-OH is 1. The average Bonchev–Trinajstić information content (AvgIpc) is 2.72. The Morgan fingerprint density at radius 3 is 2.40 bits per heavy atom. The minimum atomic E-state index is -4.36. The van der Waals surface area contributed by atoms with Crippen molar-refractivity contribution in [3.8, 4) is 5.75 Å². The number of aromatic nitrogens is 1. The van der Waals surface area contributed by atoms with E-state index in [-0.39, 0.29) is 12.4 Å². The average molecular weight is 425 g/mol. The van der Waals surface area contributed by atoms with Crippen molar-refractivity contribution in [2.45, 2.75) is 19.2 Å². The number of piperazine rings is 1. The van der Waals surface area contributed by atoms with Crippen LogP contribution in [-0.4, -0.2) is 56.3 Å². The zero-order valence-corrected chi connectivity index (χ0v) is 16.7. The van der Waals surface area contributed by atoms with Crippen molar-refractivity contribution >= 4 is 11.6 Å². The van der Waals surface area contributed by atoms with E-state index in [9.17, 15) is 23.1 Å². The van der Waals surface area contributed by atoms with E-state index < -0.39 is 17.8 Å². The van der Waals surface area contributed by atoms with Gasteiger partial charge in [-0.3, -0.25) is 9.69 Å². The van der Waals surface area contributed by atoms with Gasteiger partial charge in [-0.1, -0.05) is 0 Å². The highest BCUT2D eigenvalue weighted by Crippen LogP contribution is 2.28. The van der Waals surface area contributed by atoms with Gasteiger partial charge in [0.15, 0.2) is 5.78 Å². The van der Waals surface area contributed by atoms with Gasteiger partial charge in [-0.15, -0.1) is 0 Å². The van der Waals surface area contributed by atoms with Crippen molar-refractivity contribution in [3.05, 3.63) is 53.7 Å². The zero-order valence-electron chi connectivity index (χ0n) is 16.7. The van der Waals surface area contributed by atoms with Gasteiger partial charge < -0.3 is 14.7 Å². The lowest BCUT2D eigenvalue weighted by atomic mass is 10.1. The molecule has 1 saturated heterocycles. The number of quaternary nitrogens is 1. The molecule has 1 aliphatic heterocycles. The standard InChI is InChI=1S/C21H24F3N3O3/c1-15(28)16-2-5-19(6-3-16)30-14-18(29)13-26-8-10-27(11-9-26)20-7-4-17(12-25-20)21(22,23)24/h2-7,12,18,29H,8-11,13-14H2,1H3/p+2/t18-/m1/s1. The maximum atomic E-state index is 12.7. The summed E-state index contributed by atoms with van der Waals surface area (Å²) in [6, 6.07) is 9.31. The fourth-order valence-corrected chi connectivity index (χ4v) is 3.43. The Kier molecular flexibility index (Phi) is 6.94. The number of nitrogens with zero attached hydrogens (tertiary/aromatic N) is 1. The number of halogens is 3.